The maximum Gasteiger partial charge on any atom is 0.146 e. The molecule has 0 saturated carbocycles. The number of hydrogen-bond acceptors (Lipinski definition) is 2. The summed E-state index contributed by atoms with van der Waals surface area (Å²) in [6.07, 6.45) is 0. The lowest BCUT2D eigenvalue weighted by Gasteiger charge is -2.23. The zero-order valence-corrected chi connectivity index (χ0v) is 10.9. The molecule has 0 aromatic heterocycles. The van der Waals surface area contributed by atoms with Crippen molar-refractivity contribution < 1.29 is 4.39 Å². The first kappa shape index (κ1) is 12.2. The number of nitrogens with two attached hydrogens (primary N) is 1. The Kier molecular flexibility index (Phi) is 2.99. The molecule has 3 heteroatoms. The van der Waals surface area contributed by atoms with Crippen molar-refractivity contribution in [3.63, 3.8) is 0 Å². The molecule has 0 fully saturated rings. The molecule has 3 rings (SSSR count). The number of hydrogen-bond donors (Lipinski definition) is 1. The highest BCUT2D eigenvalue weighted by atomic mass is 19.1. The van der Waals surface area contributed by atoms with Crippen LogP contribution >= 0.6 is 0 Å². The molecule has 1 atom stereocenters. The fourth-order valence-corrected chi connectivity index (χ4v) is 2.72. The van der Waals surface area contributed by atoms with E-state index in [0.717, 1.165) is 18.7 Å². The van der Waals surface area contributed by atoms with Crippen molar-refractivity contribution in [2.24, 2.45) is 5.73 Å². The molecular formula is C16H17FN2. The summed E-state index contributed by atoms with van der Waals surface area (Å²) < 4.78 is 14.2. The first-order valence-corrected chi connectivity index (χ1v) is 6.52. The third-order valence-electron chi connectivity index (χ3n) is 3.67. The van der Waals surface area contributed by atoms with Gasteiger partial charge in [0.15, 0.2) is 0 Å². The maximum atomic E-state index is 14.2. The Morgan fingerprint density at radius 2 is 1.68 bits per heavy atom. The van der Waals surface area contributed by atoms with Crippen LogP contribution in [0.4, 0.5) is 10.1 Å². The van der Waals surface area contributed by atoms with Crippen LogP contribution < -0.4 is 10.6 Å². The van der Waals surface area contributed by atoms with Gasteiger partial charge in [-0.3, -0.25) is 0 Å². The molecule has 98 valence electrons. The molecule has 0 unspecified atom stereocenters. The average Bonchev–Trinajstić information content (AvgIpc) is 2.81. The van der Waals surface area contributed by atoms with Crippen LogP contribution in [-0.2, 0) is 13.1 Å². The molecule has 2 N–H and O–H groups in total. The van der Waals surface area contributed by atoms with Gasteiger partial charge in [-0.05, 0) is 29.7 Å². The molecular weight excluding hydrogens is 239 g/mol. The van der Waals surface area contributed by atoms with E-state index in [-0.39, 0.29) is 11.9 Å². The SMILES string of the molecule is C[C@@H](N)c1cccc(F)c1N1Cc2ccccc2C1. The van der Waals surface area contributed by atoms with Crippen molar-refractivity contribution in [3.05, 3.63) is 65.0 Å². The van der Waals surface area contributed by atoms with Crippen molar-refractivity contribution in [2.45, 2.75) is 26.1 Å². The normalized spacial score (nSPS) is 15.4. The number of rotatable bonds is 2. The highest BCUT2D eigenvalue weighted by Gasteiger charge is 2.24. The third kappa shape index (κ3) is 2.10. The molecule has 0 spiro atoms. The Balaban J connectivity index is 2.01. The number of halogens is 1. The smallest absolute Gasteiger partial charge is 0.146 e. The summed E-state index contributed by atoms with van der Waals surface area (Å²) in [7, 11) is 0. The molecule has 0 saturated heterocycles. The lowest BCUT2D eigenvalue weighted by atomic mass is 10.1. The molecule has 2 nitrogen and oxygen atoms in total. The van der Waals surface area contributed by atoms with Crippen molar-refractivity contribution in [1.29, 1.82) is 0 Å². The predicted octanol–water partition coefficient (Wildman–Crippen LogP) is 3.37. The van der Waals surface area contributed by atoms with Crippen LogP contribution in [0.25, 0.3) is 0 Å². The second-order valence-electron chi connectivity index (χ2n) is 5.09. The second-order valence-corrected chi connectivity index (χ2v) is 5.09. The summed E-state index contributed by atoms with van der Waals surface area (Å²) in [4.78, 5) is 2.07. The van der Waals surface area contributed by atoms with E-state index in [1.165, 1.54) is 17.2 Å². The Bertz CT molecular complexity index is 582. The van der Waals surface area contributed by atoms with Crippen molar-refractivity contribution in [2.75, 3.05) is 4.90 Å². The minimum absolute atomic E-state index is 0.172. The van der Waals surface area contributed by atoms with E-state index in [2.05, 4.69) is 17.0 Å². The number of benzene rings is 2. The predicted molar refractivity (Wildman–Crippen MR) is 75.3 cm³/mol. The van der Waals surface area contributed by atoms with E-state index in [4.69, 9.17) is 5.73 Å². The van der Waals surface area contributed by atoms with Crippen molar-refractivity contribution >= 4 is 5.69 Å². The minimum Gasteiger partial charge on any atom is -0.360 e. The fraction of sp³-hybridized carbons (Fsp3) is 0.250. The van der Waals surface area contributed by atoms with Crippen molar-refractivity contribution in [1.82, 2.24) is 0 Å². The Hall–Kier alpha value is -1.87. The van der Waals surface area contributed by atoms with E-state index in [1.807, 2.05) is 25.1 Å². The number of nitrogens with zero attached hydrogens (tertiary/aromatic N) is 1. The quantitative estimate of drug-likeness (QED) is 0.892. The highest BCUT2D eigenvalue weighted by molar-refractivity contribution is 5.59. The summed E-state index contributed by atoms with van der Waals surface area (Å²) in [5.41, 5.74) is 10.0. The minimum atomic E-state index is -0.192. The van der Waals surface area contributed by atoms with Crippen LogP contribution in [0.15, 0.2) is 42.5 Å². The van der Waals surface area contributed by atoms with Gasteiger partial charge in [0, 0.05) is 19.1 Å². The second kappa shape index (κ2) is 4.67. The zero-order valence-electron chi connectivity index (χ0n) is 10.9. The number of anilines is 1. The summed E-state index contributed by atoms with van der Waals surface area (Å²) in [6, 6.07) is 13.2. The molecule has 0 amide bonds. The van der Waals surface area contributed by atoms with Gasteiger partial charge in [0.2, 0.25) is 0 Å². The van der Waals surface area contributed by atoms with E-state index in [9.17, 15) is 4.39 Å². The maximum absolute atomic E-state index is 14.2. The summed E-state index contributed by atoms with van der Waals surface area (Å²) in [6.45, 7) is 3.38. The van der Waals surface area contributed by atoms with Crippen LogP contribution in [0, 0.1) is 5.82 Å². The number of fused-ring (bicyclic) bond motifs is 1. The molecule has 0 aliphatic carbocycles. The Labute approximate surface area is 112 Å². The zero-order chi connectivity index (χ0) is 13.4. The van der Waals surface area contributed by atoms with Crippen LogP contribution in [0.2, 0.25) is 0 Å². The van der Waals surface area contributed by atoms with Gasteiger partial charge in [-0.1, -0.05) is 36.4 Å². The molecule has 2 aromatic carbocycles. The van der Waals surface area contributed by atoms with E-state index < -0.39 is 0 Å². The topological polar surface area (TPSA) is 29.3 Å². The first-order valence-electron chi connectivity index (χ1n) is 6.52. The summed E-state index contributed by atoms with van der Waals surface area (Å²) in [5.74, 6) is -0.192. The molecule has 19 heavy (non-hydrogen) atoms. The van der Waals surface area contributed by atoms with Gasteiger partial charge in [-0.2, -0.15) is 0 Å². The average molecular weight is 256 g/mol. The standard InChI is InChI=1S/C16H17FN2/c1-11(18)14-7-4-8-15(17)16(14)19-9-12-5-2-3-6-13(12)10-19/h2-8,11H,9-10,18H2,1H3/t11-/m1/s1. The lowest BCUT2D eigenvalue weighted by Crippen LogP contribution is -2.20. The molecule has 2 aromatic rings. The fourth-order valence-electron chi connectivity index (χ4n) is 2.72. The van der Waals surface area contributed by atoms with Crippen molar-refractivity contribution in [3.8, 4) is 0 Å². The van der Waals surface area contributed by atoms with Crippen LogP contribution in [0.3, 0.4) is 0 Å². The van der Waals surface area contributed by atoms with E-state index in [0.29, 0.717) is 5.69 Å². The molecule has 1 heterocycles. The van der Waals surface area contributed by atoms with Gasteiger partial charge in [0.05, 0.1) is 5.69 Å². The monoisotopic (exact) mass is 256 g/mol. The van der Waals surface area contributed by atoms with Crippen LogP contribution in [0.1, 0.15) is 29.7 Å². The largest absolute Gasteiger partial charge is 0.360 e. The van der Waals surface area contributed by atoms with Gasteiger partial charge in [0.1, 0.15) is 5.82 Å². The Morgan fingerprint density at radius 3 is 2.26 bits per heavy atom. The summed E-state index contributed by atoms with van der Waals surface area (Å²) >= 11 is 0. The Morgan fingerprint density at radius 1 is 1.05 bits per heavy atom. The lowest BCUT2D eigenvalue weighted by molar-refractivity contribution is 0.613. The van der Waals surface area contributed by atoms with Crippen LogP contribution in [0.5, 0.6) is 0 Å². The molecule has 0 bridgehead atoms. The van der Waals surface area contributed by atoms with Crippen LogP contribution in [-0.4, -0.2) is 0 Å². The van der Waals surface area contributed by atoms with Gasteiger partial charge in [0.25, 0.3) is 0 Å². The number of para-hydroxylation sites is 1. The van der Waals surface area contributed by atoms with E-state index >= 15 is 0 Å². The van der Waals surface area contributed by atoms with Gasteiger partial charge in [-0.15, -0.1) is 0 Å². The van der Waals surface area contributed by atoms with Gasteiger partial charge >= 0.3 is 0 Å². The van der Waals surface area contributed by atoms with Gasteiger partial charge < -0.3 is 10.6 Å². The summed E-state index contributed by atoms with van der Waals surface area (Å²) in [5, 5.41) is 0. The highest BCUT2D eigenvalue weighted by Crippen LogP contribution is 2.34. The molecule has 1 aliphatic rings. The van der Waals surface area contributed by atoms with E-state index in [1.54, 1.807) is 6.07 Å². The first-order chi connectivity index (χ1) is 9.16. The molecule has 0 radical (unpaired) electrons. The van der Waals surface area contributed by atoms with Gasteiger partial charge in [-0.25, -0.2) is 4.39 Å². The molecule has 1 aliphatic heterocycles. The third-order valence-corrected chi connectivity index (χ3v) is 3.67.